The summed E-state index contributed by atoms with van der Waals surface area (Å²) in [5, 5.41) is 12.2. The number of amides is 2. The van der Waals surface area contributed by atoms with E-state index in [1.54, 1.807) is 4.90 Å². The molecule has 3 unspecified atom stereocenters. The topological polar surface area (TPSA) is 78.9 Å². The molecule has 120 valence electrons. The molecule has 1 aliphatic carbocycles. The van der Waals surface area contributed by atoms with Crippen molar-refractivity contribution in [2.45, 2.75) is 64.1 Å². The molecular weight excluding hydrogens is 272 g/mol. The number of urea groups is 1. The summed E-state index contributed by atoms with van der Waals surface area (Å²) < 4.78 is 5.50. The molecule has 6 heteroatoms. The molecule has 0 aromatic carbocycles. The minimum atomic E-state index is -0.927. The molecule has 2 amide bonds. The zero-order valence-corrected chi connectivity index (χ0v) is 12.9. The number of aliphatic carboxylic acids is 1. The maximum atomic E-state index is 12.4. The Morgan fingerprint density at radius 3 is 2.52 bits per heavy atom. The monoisotopic (exact) mass is 298 g/mol. The van der Waals surface area contributed by atoms with Crippen LogP contribution in [0.15, 0.2) is 0 Å². The normalized spacial score (nSPS) is 29.0. The maximum absolute atomic E-state index is 12.4. The molecular formula is C15H26N2O4. The number of hydrogen-bond acceptors (Lipinski definition) is 3. The van der Waals surface area contributed by atoms with Crippen LogP contribution in [0.2, 0.25) is 0 Å². The number of nitrogens with one attached hydrogen (secondary N) is 1. The Hall–Kier alpha value is -1.30. The third kappa shape index (κ3) is 4.09. The van der Waals surface area contributed by atoms with Crippen molar-refractivity contribution >= 4 is 12.0 Å². The van der Waals surface area contributed by atoms with Gasteiger partial charge in [-0.05, 0) is 32.6 Å². The summed E-state index contributed by atoms with van der Waals surface area (Å²) in [7, 11) is 0. The maximum Gasteiger partial charge on any atom is 0.326 e. The molecule has 0 bridgehead atoms. The summed E-state index contributed by atoms with van der Waals surface area (Å²) in [5.74, 6) is -0.877. The first kappa shape index (κ1) is 16.1. The Kier molecular flexibility index (Phi) is 5.45. The number of hydrogen-bond donors (Lipinski definition) is 2. The number of nitrogens with zero attached hydrogens (tertiary/aromatic N) is 1. The van der Waals surface area contributed by atoms with Crippen molar-refractivity contribution in [2.75, 3.05) is 13.2 Å². The van der Waals surface area contributed by atoms with E-state index in [9.17, 15) is 14.7 Å². The summed E-state index contributed by atoms with van der Waals surface area (Å²) in [6.07, 6.45) is 5.02. The Morgan fingerprint density at radius 1 is 1.24 bits per heavy atom. The second-order valence-corrected chi connectivity index (χ2v) is 6.31. The van der Waals surface area contributed by atoms with Crippen LogP contribution in [0.5, 0.6) is 0 Å². The van der Waals surface area contributed by atoms with Gasteiger partial charge in [-0.25, -0.2) is 9.59 Å². The van der Waals surface area contributed by atoms with Crippen LogP contribution in [0.4, 0.5) is 4.79 Å². The molecule has 0 aromatic rings. The first-order chi connectivity index (χ1) is 9.99. The van der Waals surface area contributed by atoms with Gasteiger partial charge in [0.15, 0.2) is 0 Å². The van der Waals surface area contributed by atoms with Gasteiger partial charge in [0.2, 0.25) is 0 Å². The van der Waals surface area contributed by atoms with Crippen LogP contribution >= 0.6 is 0 Å². The van der Waals surface area contributed by atoms with E-state index in [0.717, 1.165) is 32.1 Å². The fourth-order valence-electron chi connectivity index (χ4n) is 3.25. The first-order valence-electron chi connectivity index (χ1n) is 7.90. The molecule has 0 spiro atoms. The third-order valence-electron chi connectivity index (χ3n) is 4.53. The van der Waals surface area contributed by atoms with Crippen molar-refractivity contribution in [1.29, 1.82) is 0 Å². The summed E-state index contributed by atoms with van der Waals surface area (Å²) in [6.45, 7) is 4.84. The zero-order chi connectivity index (χ0) is 15.4. The Bertz CT molecular complexity index is 382. The lowest BCUT2D eigenvalue weighted by atomic mass is 9.84. The quantitative estimate of drug-likeness (QED) is 0.833. The number of carbonyl (C=O) groups excluding carboxylic acids is 1. The van der Waals surface area contributed by atoms with Gasteiger partial charge in [-0.3, -0.25) is 0 Å². The van der Waals surface area contributed by atoms with Gasteiger partial charge < -0.3 is 20.1 Å². The number of carbonyl (C=O) groups is 2. The SMILES string of the molecule is CC1CN(C(=O)NC(C(=O)O)C2CCCCC2)C(C)CO1. The fourth-order valence-corrected chi connectivity index (χ4v) is 3.25. The van der Waals surface area contributed by atoms with Crippen LogP contribution in [-0.2, 0) is 9.53 Å². The van der Waals surface area contributed by atoms with E-state index in [-0.39, 0.29) is 24.1 Å². The standard InChI is InChI=1S/C15H26N2O4/c1-10-9-21-11(2)8-17(10)15(20)16-13(14(18)19)12-6-4-3-5-7-12/h10-13H,3-9H2,1-2H3,(H,16,20)(H,18,19). The van der Waals surface area contributed by atoms with Crippen molar-refractivity contribution in [3.05, 3.63) is 0 Å². The van der Waals surface area contributed by atoms with Crippen LogP contribution < -0.4 is 5.32 Å². The van der Waals surface area contributed by atoms with Gasteiger partial charge in [0.05, 0.1) is 18.8 Å². The molecule has 6 nitrogen and oxygen atoms in total. The molecule has 21 heavy (non-hydrogen) atoms. The van der Waals surface area contributed by atoms with Gasteiger partial charge in [0.25, 0.3) is 0 Å². The smallest absolute Gasteiger partial charge is 0.326 e. The van der Waals surface area contributed by atoms with E-state index in [4.69, 9.17) is 4.74 Å². The summed E-state index contributed by atoms with van der Waals surface area (Å²) in [4.78, 5) is 25.6. The summed E-state index contributed by atoms with van der Waals surface area (Å²) in [6, 6.07) is -1.08. The number of morpholine rings is 1. The molecule has 0 aromatic heterocycles. The van der Waals surface area contributed by atoms with Gasteiger partial charge in [-0.2, -0.15) is 0 Å². The second kappa shape index (κ2) is 7.11. The van der Waals surface area contributed by atoms with Gasteiger partial charge >= 0.3 is 12.0 Å². The van der Waals surface area contributed by atoms with Crippen LogP contribution in [0, 0.1) is 5.92 Å². The van der Waals surface area contributed by atoms with Gasteiger partial charge in [-0.1, -0.05) is 19.3 Å². The third-order valence-corrected chi connectivity index (χ3v) is 4.53. The van der Waals surface area contributed by atoms with Gasteiger partial charge in [-0.15, -0.1) is 0 Å². The molecule has 3 atom stereocenters. The van der Waals surface area contributed by atoms with E-state index < -0.39 is 12.0 Å². The number of rotatable bonds is 3. The minimum Gasteiger partial charge on any atom is -0.480 e. The van der Waals surface area contributed by atoms with Crippen LogP contribution in [-0.4, -0.2) is 53.3 Å². The predicted molar refractivity (Wildman–Crippen MR) is 78.1 cm³/mol. The minimum absolute atomic E-state index is 0.00934. The Labute approximate surface area is 125 Å². The summed E-state index contributed by atoms with van der Waals surface area (Å²) in [5.41, 5.74) is 0. The van der Waals surface area contributed by atoms with E-state index in [0.29, 0.717) is 13.2 Å². The van der Waals surface area contributed by atoms with E-state index in [1.807, 2.05) is 13.8 Å². The molecule has 1 heterocycles. The second-order valence-electron chi connectivity index (χ2n) is 6.31. The van der Waals surface area contributed by atoms with Gasteiger partial charge in [0.1, 0.15) is 6.04 Å². The van der Waals surface area contributed by atoms with Crippen molar-refractivity contribution in [2.24, 2.45) is 5.92 Å². The van der Waals surface area contributed by atoms with Crippen molar-refractivity contribution in [3.63, 3.8) is 0 Å². The van der Waals surface area contributed by atoms with Crippen molar-refractivity contribution in [3.8, 4) is 0 Å². The highest BCUT2D eigenvalue weighted by molar-refractivity contribution is 5.83. The molecule has 1 aliphatic heterocycles. The molecule has 1 saturated heterocycles. The van der Waals surface area contributed by atoms with Crippen LogP contribution in [0.3, 0.4) is 0 Å². The molecule has 1 saturated carbocycles. The Morgan fingerprint density at radius 2 is 1.90 bits per heavy atom. The molecule has 2 aliphatic rings. The lowest BCUT2D eigenvalue weighted by Crippen LogP contribution is -2.57. The number of carboxylic acids is 1. The largest absolute Gasteiger partial charge is 0.480 e. The zero-order valence-electron chi connectivity index (χ0n) is 12.9. The van der Waals surface area contributed by atoms with Crippen molar-refractivity contribution in [1.82, 2.24) is 10.2 Å². The van der Waals surface area contributed by atoms with Crippen molar-refractivity contribution < 1.29 is 19.4 Å². The lowest BCUT2D eigenvalue weighted by Gasteiger charge is -2.38. The highest BCUT2D eigenvalue weighted by Crippen LogP contribution is 2.27. The van der Waals surface area contributed by atoms with E-state index in [1.165, 1.54) is 0 Å². The summed E-state index contributed by atoms with van der Waals surface area (Å²) >= 11 is 0. The highest BCUT2D eigenvalue weighted by Gasteiger charge is 2.34. The number of carboxylic acid groups (broad SMARTS) is 1. The molecule has 0 radical (unpaired) electrons. The first-order valence-corrected chi connectivity index (χ1v) is 7.90. The molecule has 2 rings (SSSR count). The predicted octanol–water partition coefficient (Wildman–Crippen LogP) is 1.84. The average molecular weight is 298 g/mol. The molecule has 2 fully saturated rings. The average Bonchev–Trinajstić information content (AvgIpc) is 2.47. The van der Waals surface area contributed by atoms with E-state index >= 15 is 0 Å². The highest BCUT2D eigenvalue weighted by atomic mass is 16.5. The fraction of sp³-hybridized carbons (Fsp3) is 0.867. The van der Waals surface area contributed by atoms with Gasteiger partial charge in [0, 0.05) is 6.54 Å². The van der Waals surface area contributed by atoms with Crippen LogP contribution in [0.25, 0.3) is 0 Å². The number of ether oxygens (including phenoxy) is 1. The Balaban J connectivity index is 1.98. The van der Waals surface area contributed by atoms with E-state index in [2.05, 4.69) is 5.32 Å². The molecule has 2 N–H and O–H groups in total. The van der Waals surface area contributed by atoms with Crippen LogP contribution in [0.1, 0.15) is 46.0 Å². The lowest BCUT2D eigenvalue weighted by molar-refractivity contribution is -0.141.